The molecule has 0 aliphatic rings. The van der Waals surface area contributed by atoms with Gasteiger partial charge in [0.15, 0.2) is 0 Å². The normalized spacial score (nSPS) is 12.7. The molecule has 0 spiro atoms. The molecule has 0 saturated heterocycles. The standard InChI is InChI=1S/C8H10O.C4H10O/c1-7(9)8-5-3-2-4-6-8;1-4(2,3)5/h2-7,9H,1H3;5H,1-3H3. The highest BCUT2D eigenvalue weighted by Gasteiger charge is 1.98. The van der Waals surface area contributed by atoms with Gasteiger partial charge in [-0.25, -0.2) is 0 Å². The monoisotopic (exact) mass is 196 g/mol. The molecule has 0 fully saturated rings. The van der Waals surface area contributed by atoms with Gasteiger partial charge in [0.05, 0.1) is 11.7 Å². The summed E-state index contributed by atoms with van der Waals surface area (Å²) < 4.78 is 0. The maximum atomic E-state index is 9.02. The van der Waals surface area contributed by atoms with Gasteiger partial charge >= 0.3 is 0 Å². The van der Waals surface area contributed by atoms with E-state index in [0.717, 1.165) is 5.56 Å². The number of benzene rings is 1. The third-order valence-electron chi connectivity index (χ3n) is 1.28. The summed E-state index contributed by atoms with van der Waals surface area (Å²) in [4.78, 5) is 0. The highest BCUT2D eigenvalue weighted by molar-refractivity contribution is 5.16. The molecule has 2 nitrogen and oxygen atoms in total. The first-order valence-corrected chi connectivity index (χ1v) is 4.76. The number of hydrogen-bond acceptors (Lipinski definition) is 2. The lowest BCUT2D eigenvalue weighted by atomic mass is 10.1. The summed E-state index contributed by atoms with van der Waals surface area (Å²) in [5.74, 6) is 0. The van der Waals surface area contributed by atoms with Crippen molar-refractivity contribution in [2.24, 2.45) is 0 Å². The van der Waals surface area contributed by atoms with Gasteiger partial charge in [0, 0.05) is 0 Å². The Labute approximate surface area is 86.2 Å². The van der Waals surface area contributed by atoms with Gasteiger partial charge in [-0.1, -0.05) is 30.3 Å². The van der Waals surface area contributed by atoms with Crippen molar-refractivity contribution in [1.82, 2.24) is 0 Å². The van der Waals surface area contributed by atoms with Gasteiger partial charge < -0.3 is 10.2 Å². The van der Waals surface area contributed by atoms with Crippen LogP contribution in [0.25, 0.3) is 0 Å². The van der Waals surface area contributed by atoms with Crippen molar-refractivity contribution in [3.63, 3.8) is 0 Å². The fraction of sp³-hybridized carbons (Fsp3) is 0.500. The molecule has 1 rings (SSSR count). The second-order valence-electron chi connectivity index (χ2n) is 4.26. The van der Waals surface area contributed by atoms with Crippen molar-refractivity contribution >= 4 is 0 Å². The van der Waals surface area contributed by atoms with Crippen molar-refractivity contribution in [3.05, 3.63) is 35.9 Å². The van der Waals surface area contributed by atoms with Crippen LogP contribution in [-0.4, -0.2) is 15.8 Å². The van der Waals surface area contributed by atoms with Crippen molar-refractivity contribution in [3.8, 4) is 0 Å². The van der Waals surface area contributed by atoms with E-state index in [1.54, 1.807) is 27.7 Å². The van der Waals surface area contributed by atoms with Crippen molar-refractivity contribution < 1.29 is 10.2 Å². The average Bonchev–Trinajstić information content (AvgIpc) is 2.03. The van der Waals surface area contributed by atoms with Crippen molar-refractivity contribution in [2.75, 3.05) is 0 Å². The Kier molecular flexibility index (Phi) is 5.43. The SMILES string of the molecule is CC(C)(C)O.CC(O)c1ccccc1. The fourth-order valence-electron chi connectivity index (χ4n) is 0.732. The van der Waals surface area contributed by atoms with Gasteiger partial charge in [-0.2, -0.15) is 0 Å². The Morgan fingerprint density at radius 1 is 1.07 bits per heavy atom. The molecule has 2 heteroatoms. The smallest absolute Gasteiger partial charge is 0.0761 e. The third-order valence-corrected chi connectivity index (χ3v) is 1.28. The van der Waals surface area contributed by atoms with Crippen LogP contribution in [0.1, 0.15) is 39.4 Å². The van der Waals surface area contributed by atoms with E-state index in [1.165, 1.54) is 0 Å². The Morgan fingerprint density at radius 2 is 1.43 bits per heavy atom. The van der Waals surface area contributed by atoms with Crippen LogP contribution >= 0.6 is 0 Å². The highest BCUT2D eigenvalue weighted by atomic mass is 16.3. The lowest BCUT2D eigenvalue weighted by molar-refractivity contribution is 0.102. The fourth-order valence-corrected chi connectivity index (χ4v) is 0.732. The van der Waals surface area contributed by atoms with Crippen LogP contribution < -0.4 is 0 Å². The molecule has 0 radical (unpaired) electrons. The van der Waals surface area contributed by atoms with Gasteiger partial charge in [0.1, 0.15) is 0 Å². The zero-order chi connectivity index (χ0) is 11.2. The van der Waals surface area contributed by atoms with Crippen LogP contribution in [0.4, 0.5) is 0 Å². The minimum absolute atomic E-state index is 0.341. The van der Waals surface area contributed by atoms with E-state index in [9.17, 15) is 0 Å². The quantitative estimate of drug-likeness (QED) is 0.724. The highest BCUT2D eigenvalue weighted by Crippen LogP contribution is 2.09. The molecule has 1 aromatic rings. The molecule has 2 N–H and O–H groups in total. The lowest BCUT2D eigenvalue weighted by Crippen LogP contribution is -2.10. The summed E-state index contributed by atoms with van der Waals surface area (Å²) >= 11 is 0. The van der Waals surface area contributed by atoms with Crippen LogP contribution in [0.5, 0.6) is 0 Å². The molecule has 0 aromatic heterocycles. The molecule has 80 valence electrons. The molecule has 0 bridgehead atoms. The van der Waals surface area contributed by atoms with E-state index < -0.39 is 5.60 Å². The molecule has 1 unspecified atom stereocenters. The van der Waals surface area contributed by atoms with E-state index >= 15 is 0 Å². The molecule has 14 heavy (non-hydrogen) atoms. The molecule has 1 atom stereocenters. The minimum atomic E-state index is -0.500. The van der Waals surface area contributed by atoms with Gasteiger partial charge in [-0.15, -0.1) is 0 Å². The van der Waals surface area contributed by atoms with E-state index in [1.807, 2.05) is 30.3 Å². The minimum Gasteiger partial charge on any atom is -0.391 e. The summed E-state index contributed by atoms with van der Waals surface area (Å²) in [5.41, 5.74) is 0.470. The molecular weight excluding hydrogens is 176 g/mol. The Bertz CT molecular complexity index is 228. The molecule has 0 saturated carbocycles. The van der Waals surface area contributed by atoms with Gasteiger partial charge in [-0.05, 0) is 33.3 Å². The van der Waals surface area contributed by atoms with Crippen LogP contribution in [-0.2, 0) is 0 Å². The Morgan fingerprint density at radius 3 is 1.64 bits per heavy atom. The number of aliphatic hydroxyl groups is 2. The first-order valence-electron chi connectivity index (χ1n) is 4.76. The van der Waals surface area contributed by atoms with Gasteiger partial charge in [-0.3, -0.25) is 0 Å². The number of rotatable bonds is 1. The largest absolute Gasteiger partial charge is 0.391 e. The van der Waals surface area contributed by atoms with Gasteiger partial charge in [0.2, 0.25) is 0 Å². The predicted octanol–water partition coefficient (Wildman–Crippen LogP) is 2.52. The van der Waals surface area contributed by atoms with Crippen LogP contribution in [0.2, 0.25) is 0 Å². The third kappa shape index (κ3) is 9.23. The average molecular weight is 196 g/mol. The Balaban J connectivity index is 0.000000292. The van der Waals surface area contributed by atoms with E-state index in [0.29, 0.717) is 0 Å². The summed E-state index contributed by atoms with van der Waals surface area (Å²) in [6.45, 7) is 6.99. The van der Waals surface area contributed by atoms with Crippen LogP contribution in [0.15, 0.2) is 30.3 Å². The Hall–Kier alpha value is -0.860. The molecule has 0 heterocycles. The van der Waals surface area contributed by atoms with Crippen LogP contribution in [0.3, 0.4) is 0 Å². The molecular formula is C12H20O2. The second-order valence-corrected chi connectivity index (χ2v) is 4.26. The maximum absolute atomic E-state index is 9.02. The summed E-state index contributed by atoms with van der Waals surface area (Å²) in [6.07, 6.45) is -0.341. The zero-order valence-corrected chi connectivity index (χ0v) is 9.36. The van der Waals surface area contributed by atoms with Crippen LogP contribution in [0, 0.1) is 0 Å². The van der Waals surface area contributed by atoms with E-state index in [4.69, 9.17) is 10.2 Å². The summed E-state index contributed by atoms with van der Waals surface area (Å²) in [6, 6.07) is 9.59. The predicted molar refractivity (Wildman–Crippen MR) is 59.0 cm³/mol. The topological polar surface area (TPSA) is 40.5 Å². The molecule has 1 aromatic carbocycles. The molecule has 0 aliphatic carbocycles. The molecule has 0 amide bonds. The maximum Gasteiger partial charge on any atom is 0.0761 e. The molecule has 0 aliphatic heterocycles. The van der Waals surface area contributed by atoms with Crippen molar-refractivity contribution in [2.45, 2.75) is 39.4 Å². The summed E-state index contributed by atoms with van der Waals surface area (Å²) in [5, 5.41) is 17.5. The first kappa shape index (κ1) is 13.1. The van der Waals surface area contributed by atoms with E-state index in [2.05, 4.69) is 0 Å². The number of aliphatic hydroxyl groups excluding tert-OH is 1. The lowest BCUT2D eigenvalue weighted by Gasteiger charge is -2.04. The summed E-state index contributed by atoms with van der Waals surface area (Å²) in [7, 11) is 0. The first-order chi connectivity index (χ1) is 6.30. The zero-order valence-electron chi connectivity index (χ0n) is 9.36. The second kappa shape index (κ2) is 5.78. The van der Waals surface area contributed by atoms with Crippen molar-refractivity contribution in [1.29, 1.82) is 0 Å². The van der Waals surface area contributed by atoms with E-state index in [-0.39, 0.29) is 6.10 Å². The van der Waals surface area contributed by atoms with Gasteiger partial charge in [0.25, 0.3) is 0 Å². The number of hydrogen-bond donors (Lipinski definition) is 2.